The fraction of sp³-hybridized carbons (Fsp3) is 0.154. The molecule has 1 atom stereocenters. The van der Waals surface area contributed by atoms with Crippen LogP contribution in [0, 0.1) is 11.3 Å². The fourth-order valence-electron chi connectivity index (χ4n) is 1.55. The Morgan fingerprint density at radius 2 is 2.24 bits per heavy atom. The number of hydrogen-bond acceptors (Lipinski definition) is 3. The smallest absolute Gasteiger partial charge is 0.125 e. The van der Waals surface area contributed by atoms with Crippen molar-refractivity contribution in [2.45, 2.75) is 13.0 Å². The van der Waals surface area contributed by atoms with E-state index in [1.54, 1.807) is 12.3 Å². The zero-order valence-electron chi connectivity index (χ0n) is 9.27. The number of furan rings is 1. The molecule has 0 amide bonds. The maximum absolute atomic E-state index is 8.83. The summed E-state index contributed by atoms with van der Waals surface area (Å²) in [7, 11) is 0. The average Bonchev–Trinajstić information content (AvgIpc) is 2.82. The maximum Gasteiger partial charge on any atom is 0.125 e. The zero-order chi connectivity index (χ0) is 12.3. The number of hydrogen-bond donors (Lipinski definition) is 1. The van der Waals surface area contributed by atoms with E-state index < -0.39 is 0 Å². The van der Waals surface area contributed by atoms with Gasteiger partial charge in [-0.15, -0.1) is 0 Å². The van der Waals surface area contributed by atoms with E-state index in [1.807, 2.05) is 31.2 Å². The molecule has 4 heteroatoms. The third-order valence-corrected chi connectivity index (χ3v) is 3.10. The molecule has 1 aromatic carbocycles. The van der Waals surface area contributed by atoms with Crippen molar-refractivity contribution in [1.29, 1.82) is 5.26 Å². The van der Waals surface area contributed by atoms with Crippen molar-refractivity contribution in [2.24, 2.45) is 0 Å². The van der Waals surface area contributed by atoms with Gasteiger partial charge in [0.15, 0.2) is 0 Å². The van der Waals surface area contributed by atoms with Gasteiger partial charge in [0, 0.05) is 10.2 Å². The number of anilines is 1. The van der Waals surface area contributed by atoms with Crippen molar-refractivity contribution in [3.63, 3.8) is 0 Å². The Hall–Kier alpha value is -1.73. The van der Waals surface area contributed by atoms with Crippen LogP contribution in [-0.2, 0) is 0 Å². The lowest BCUT2D eigenvalue weighted by molar-refractivity contribution is 0.490. The van der Waals surface area contributed by atoms with E-state index in [1.165, 1.54) is 0 Å². The lowest BCUT2D eigenvalue weighted by Crippen LogP contribution is -2.05. The first-order chi connectivity index (χ1) is 8.20. The molecule has 0 fully saturated rings. The van der Waals surface area contributed by atoms with Gasteiger partial charge in [0.25, 0.3) is 0 Å². The average molecular weight is 291 g/mol. The molecule has 0 aliphatic carbocycles. The number of nitrogens with zero attached hydrogens (tertiary/aromatic N) is 1. The van der Waals surface area contributed by atoms with E-state index >= 15 is 0 Å². The minimum atomic E-state index is 0.0878. The summed E-state index contributed by atoms with van der Waals surface area (Å²) in [4.78, 5) is 0. The van der Waals surface area contributed by atoms with Crippen molar-refractivity contribution in [3.8, 4) is 6.07 Å². The molecular weight excluding hydrogens is 280 g/mol. The Morgan fingerprint density at radius 3 is 2.82 bits per heavy atom. The van der Waals surface area contributed by atoms with E-state index in [4.69, 9.17) is 9.68 Å². The van der Waals surface area contributed by atoms with Gasteiger partial charge in [0.2, 0.25) is 0 Å². The molecule has 3 nitrogen and oxygen atoms in total. The summed E-state index contributed by atoms with van der Waals surface area (Å²) in [6.07, 6.45) is 1.65. The highest BCUT2D eigenvalue weighted by Gasteiger charge is 2.08. The van der Waals surface area contributed by atoms with Crippen LogP contribution in [0.3, 0.4) is 0 Å². The van der Waals surface area contributed by atoms with Crippen LogP contribution in [0.1, 0.15) is 24.3 Å². The summed E-state index contributed by atoms with van der Waals surface area (Å²) in [6, 6.07) is 11.5. The van der Waals surface area contributed by atoms with Crippen LogP contribution in [0.25, 0.3) is 0 Å². The van der Waals surface area contributed by atoms with Gasteiger partial charge in [0.05, 0.1) is 17.9 Å². The Kier molecular flexibility index (Phi) is 3.50. The fourth-order valence-corrected chi connectivity index (χ4v) is 2.02. The van der Waals surface area contributed by atoms with E-state index in [2.05, 4.69) is 27.3 Å². The summed E-state index contributed by atoms with van der Waals surface area (Å²) in [5.41, 5.74) is 1.57. The van der Waals surface area contributed by atoms with Gasteiger partial charge in [-0.1, -0.05) is 0 Å². The highest BCUT2D eigenvalue weighted by Crippen LogP contribution is 2.24. The molecule has 1 aromatic heterocycles. The topological polar surface area (TPSA) is 49.0 Å². The predicted octanol–water partition coefficient (Wildman–Crippen LogP) is 4.09. The first-order valence-electron chi connectivity index (χ1n) is 5.20. The standard InChI is InChI=1S/C13H11BrN2O/c1-9(13-3-2-6-17-13)16-11-5-4-10(8-15)12(14)7-11/h2-7,9,16H,1H3. The molecule has 0 saturated carbocycles. The van der Waals surface area contributed by atoms with E-state index in [9.17, 15) is 0 Å². The van der Waals surface area contributed by atoms with Gasteiger partial charge < -0.3 is 9.73 Å². The summed E-state index contributed by atoms with van der Waals surface area (Å²) >= 11 is 3.36. The van der Waals surface area contributed by atoms with Crippen molar-refractivity contribution in [3.05, 3.63) is 52.4 Å². The largest absolute Gasteiger partial charge is 0.467 e. The number of nitriles is 1. The highest BCUT2D eigenvalue weighted by molar-refractivity contribution is 9.10. The van der Waals surface area contributed by atoms with Gasteiger partial charge in [-0.2, -0.15) is 5.26 Å². The minimum Gasteiger partial charge on any atom is -0.467 e. The monoisotopic (exact) mass is 290 g/mol. The molecule has 0 aliphatic heterocycles. The van der Waals surface area contributed by atoms with Gasteiger partial charge in [-0.25, -0.2) is 0 Å². The predicted molar refractivity (Wildman–Crippen MR) is 69.6 cm³/mol. The van der Waals surface area contributed by atoms with Crippen LogP contribution in [-0.4, -0.2) is 0 Å². The van der Waals surface area contributed by atoms with Crippen LogP contribution < -0.4 is 5.32 Å². The third-order valence-electron chi connectivity index (χ3n) is 2.44. The number of nitrogens with one attached hydrogen (secondary N) is 1. The number of benzene rings is 1. The Morgan fingerprint density at radius 1 is 1.41 bits per heavy atom. The molecule has 1 N–H and O–H groups in total. The second kappa shape index (κ2) is 5.07. The van der Waals surface area contributed by atoms with Crippen LogP contribution in [0.2, 0.25) is 0 Å². The minimum absolute atomic E-state index is 0.0878. The summed E-state index contributed by atoms with van der Waals surface area (Å²) in [5, 5.41) is 12.1. The van der Waals surface area contributed by atoms with Gasteiger partial charge in [-0.05, 0) is 53.2 Å². The van der Waals surface area contributed by atoms with Gasteiger partial charge >= 0.3 is 0 Å². The molecule has 1 heterocycles. The van der Waals surface area contributed by atoms with Crippen LogP contribution >= 0.6 is 15.9 Å². The van der Waals surface area contributed by atoms with Crippen molar-refractivity contribution >= 4 is 21.6 Å². The second-order valence-corrected chi connectivity index (χ2v) is 4.54. The molecule has 0 aliphatic rings. The lowest BCUT2D eigenvalue weighted by Gasteiger charge is -2.13. The first-order valence-corrected chi connectivity index (χ1v) is 5.99. The normalized spacial score (nSPS) is 11.8. The van der Waals surface area contributed by atoms with E-state index in [-0.39, 0.29) is 6.04 Å². The summed E-state index contributed by atoms with van der Waals surface area (Å²) in [5.74, 6) is 0.880. The molecule has 0 bridgehead atoms. The molecule has 86 valence electrons. The molecular formula is C13H11BrN2O. The zero-order valence-corrected chi connectivity index (χ0v) is 10.9. The molecule has 1 unspecified atom stereocenters. The summed E-state index contributed by atoms with van der Waals surface area (Å²) in [6.45, 7) is 2.02. The molecule has 0 radical (unpaired) electrons. The Labute approximate surface area is 108 Å². The van der Waals surface area contributed by atoms with Crippen LogP contribution in [0.15, 0.2) is 45.5 Å². The molecule has 2 rings (SSSR count). The molecule has 17 heavy (non-hydrogen) atoms. The van der Waals surface area contributed by atoms with Crippen molar-refractivity contribution in [1.82, 2.24) is 0 Å². The molecule has 0 saturated heterocycles. The van der Waals surface area contributed by atoms with Crippen LogP contribution in [0.4, 0.5) is 5.69 Å². The molecule has 2 aromatic rings. The van der Waals surface area contributed by atoms with Crippen molar-refractivity contribution < 1.29 is 4.42 Å². The molecule has 0 spiro atoms. The summed E-state index contributed by atoms with van der Waals surface area (Å²) < 4.78 is 6.10. The van der Waals surface area contributed by atoms with E-state index in [0.717, 1.165) is 15.9 Å². The van der Waals surface area contributed by atoms with Gasteiger partial charge in [0.1, 0.15) is 11.8 Å². The van der Waals surface area contributed by atoms with Crippen LogP contribution in [0.5, 0.6) is 0 Å². The lowest BCUT2D eigenvalue weighted by atomic mass is 10.2. The first kappa shape index (κ1) is 11.7. The third kappa shape index (κ3) is 2.69. The maximum atomic E-state index is 8.83. The van der Waals surface area contributed by atoms with Crippen molar-refractivity contribution in [2.75, 3.05) is 5.32 Å². The van der Waals surface area contributed by atoms with Gasteiger partial charge in [-0.3, -0.25) is 0 Å². The van der Waals surface area contributed by atoms with E-state index in [0.29, 0.717) is 5.56 Å². The quantitative estimate of drug-likeness (QED) is 0.926. The highest BCUT2D eigenvalue weighted by atomic mass is 79.9. The number of halogens is 1. The Bertz CT molecular complexity index is 543. The second-order valence-electron chi connectivity index (χ2n) is 3.69. The number of rotatable bonds is 3. The SMILES string of the molecule is CC(Nc1ccc(C#N)c(Br)c1)c1ccco1. The Balaban J connectivity index is 2.15.